The van der Waals surface area contributed by atoms with Crippen molar-refractivity contribution >= 4 is 107 Å². The maximum atomic E-state index is 13.1. The molecule has 6 aromatic heterocycles. The molecule has 0 aromatic carbocycles. The molecule has 15 rings (SSSR count). The van der Waals surface area contributed by atoms with Crippen molar-refractivity contribution in [3.63, 3.8) is 0 Å². The normalized spacial score (nSPS) is 20.5. The standard InChI is InChI=1S/3C27H32N8O4/c1-32-9-10-34(25(37)16-32)15-19-4-5-24(30-21(19)17-36)33(2)26(38)31-23-12-22(20(13-28)14-29-23)35-8-7-27(18-35)6-3-11-39-27;1-32-8-9-34(25(37)15-32)14-19-3-4-24(30-21(19)16-36)33(2)26(38)31-23-11-22(20(12-28)13-29-23)35-7-5-27(17-35)6-10-39-18-27;1-32-9-10-35(25(37)15-32)14-19-3-4-24(30-21(19)16-36)33(2)26(38)31-23-11-22(20(12-28)13-29-23)34-7-5-27(6-8-34)17-39-18-27/h4-5,12,14,17H,3,6-11,15-16,18H2,1-2H3,(H,29,31,38);2*3-4,11,13,16H,5-10,14-15,17-18H2,1-2H3,(H,29,31,38). The van der Waals surface area contributed by atoms with E-state index in [1.807, 2.05) is 35.8 Å². The second-order valence-electron chi connectivity index (χ2n) is 31.5. The van der Waals surface area contributed by atoms with Gasteiger partial charge >= 0.3 is 18.1 Å². The average Bonchev–Trinajstić information content (AvgIpc) is 1.33. The molecule has 2 unspecified atom stereocenters. The Labute approximate surface area is 677 Å². The number of rotatable bonds is 18. The summed E-state index contributed by atoms with van der Waals surface area (Å²) in [5.41, 5.74) is 6.13. The van der Waals surface area contributed by atoms with Gasteiger partial charge in [-0.1, -0.05) is 18.2 Å². The number of aldehydes is 3. The van der Waals surface area contributed by atoms with Crippen LogP contribution in [-0.4, -0.2) is 293 Å². The van der Waals surface area contributed by atoms with Crippen LogP contribution in [0.15, 0.2) is 73.2 Å². The molecule has 9 fully saturated rings. The molecule has 3 spiro atoms. The largest absolute Gasteiger partial charge is 0.381 e. The lowest BCUT2D eigenvalue weighted by Crippen LogP contribution is -2.51. The highest BCUT2D eigenvalue weighted by atomic mass is 16.5. The van der Waals surface area contributed by atoms with Crippen molar-refractivity contribution in [2.24, 2.45) is 10.8 Å². The predicted molar refractivity (Wildman–Crippen MR) is 431 cm³/mol. The van der Waals surface area contributed by atoms with Crippen molar-refractivity contribution in [2.45, 2.75) is 70.2 Å². The Hall–Kier alpha value is -12.2. The zero-order chi connectivity index (χ0) is 82.7. The fourth-order valence-corrected chi connectivity index (χ4v) is 16.0. The Morgan fingerprint density at radius 2 is 0.829 bits per heavy atom. The first-order chi connectivity index (χ1) is 56.4. The minimum absolute atomic E-state index is 0.00317. The van der Waals surface area contributed by atoms with Crippen LogP contribution in [0.4, 0.5) is 66.4 Å². The van der Waals surface area contributed by atoms with Crippen LogP contribution in [0.3, 0.4) is 0 Å². The summed E-state index contributed by atoms with van der Waals surface area (Å²) in [6.45, 7) is 14.4. The van der Waals surface area contributed by atoms with Gasteiger partial charge in [0, 0.05) is 197 Å². The molecule has 0 saturated carbocycles. The van der Waals surface area contributed by atoms with Crippen LogP contribution in [0.5, 0.6) is 0 Å². The molecule has 36 nitrogen and oxygen atoms in total. The lowest BCUT2D eigenvalue weighted by Gasteiger charge is -2.48. The molecule has 9 aliphatic rings. The zero-order valence-electron chi connectivity index (χ0n) is 66.7. The lowest BCUT2D eigenvalue weighted by molar-refractivity contribution is -0.136. The number of likely N-dealkylation sites (N-methyl/N-ethyl adjacent to an activating group) is 3. The monoisotopic (exact) mass is 1600 g/mol. The lowest BCUT2D eigenvalue weighted by atomic mass is 9.76. The van der Waals surface area contributed by atoms with Gasteiger partial charge in [-0.2, -0.15) is 15.8 Å². The molecule has 0 aliphatic carbocycles. The van der Waals surface area contributed by atoms with Gasteiger partial charge in [-0.05, 0) is 84.3 Å². The average molecular weight is 1600 g/mol. The zero-order valence-corrected chi connectivity index (χ0v) is 66.7. The Kier molecular flexibility index (Phi) is 25.7. The molecule has 2 atom stereocenters. The quantitative estimate of drug-likeness (QED) is 0.0918. The van der Waals surface area contributed by atoms with Gasteiger partial charge in [-0.3, -0.25) is 74.1 Å². The Bertz CT molecular complexity index is 4700. The molecule has 117 heavy (non-hydrogen) atoms. The number of nitriles is 3. The summed E-state index contributed by atoms with van der Waals surface area (Å²) >= 11 is 0. The summed E-state index contributed by atoms with van der Waals surface area (Å²) in [4.78, 5) is 159. The first-order valence-electron chi connectivity index (χ1n) is 39.1. The van der Waals surface area contributed by atoms with E-state index in [9.17, 15) is 58.9 Å². The van der Waals surface area contributed by atoms with Crippen LogP contribution in [0.25, 0.3) is 0 Å². The number of piperazine rings is 3. The van der Waals surface area contributed by atoms with E-state index in [1.165, 1.54) is 33.3 Å². The van der Waals surface area contributed by atoms with Crippen molar-refractivity contribution in [3.8, 4) is 18.2 Å². The van der Waals surface area contributed by atoms with Crippen LogP contribution < -0.4 is 45.3 Å². The molecule has 36 heteroatoms. The molecule has 15 heterocycles. The Balaban J connectivity index is 0.000000152. The number of amides is 9. The SMILES string of the molecule is CN1CCN(Cc2ccc(N(C)C(=O)Nc3cc(N4CCC5(CC4)COC5)c(C#N)cn3)nc2C=O)C(=O)C1.CN1CCN(Cc2ccc(N(C)C(=O)Nc3cc(N4CCC5(CCCO5)C4)c(C#N)cn3)nc2C=O)C(=O)C1.CN1CCN(Cc2ccc(N(C)C(=O)Nc3cc(N4CCC5(CCOC5)C4)c(C#N)cn3)nc2C=O)C(=O)C1. The Morgan fingerprint density at radius 1 is 0.462 bits per heavy atom. The number of carbonyl (C=O) groups is 9. The molecule has 3 N–H and O–H groups in total. The maximum Gasteiger partial charge on any atom is 0.328 e. The van der Waals surface area contributed by atoms with E-state index < -0.39 is 18.1 Å². The summed E-state index contributed by atoms with van der Waals surface area (Å²) in [6, 6.07) is 20.4. The summed E-state index contributed by atoms with van der Waals surface area (Å²) < 4.78 is 17.0. The van der Waals surface area contributed by atoms with Gasteiger partial charge in [0.2, 0.25) is 17.7 Å². The fraction of sp³-hybridized carbons (Fsp3) is 0.481. The number of hydrogen-bond donors (Lipinski definition) is 3. The first kappa shape index (κ1) is 82.7. The molecule has 9 saturated heterocycles. The minimum atomic E-state index is -0.499. The van der Waals surface area contributed by atoms with E-state index in [0.717, 1.165) is 142 Å². The summed E-state index contributed by atoms with van der Waals surface area (Å²) in [5, 5.41) is 37.2. The van der Waals surface area contributed by atoms with Gasteiger partial charge in [0.1, 0.15) is 70.2 Å². The number of nitrogens with one attached hydrogen (secondary N) is 3. The van der Waals surface area contributed by atoms with E-state index in [0.29, 0.717) is 121 Å². The van der Waals surface area contributed by atoms with E-state index in [2.05, 4.69) is 78.8 Å². The number of anilines is 9. The molecular formula is C81H96N24O12. The third kappa shape index (κ3) is 19.2. The smallest absolute Gasteiger partial charge is 0.328 e. The number of nitrogens with zero attached hydrogens (tertiary/aromatic N) is 21. The van der Waals surface area contributed by atoms with Crippen molar-refractivity contribution in [1.29, 1.82) is 15.8 Å². The first-order valence-corrected chi connectivity index (χ1v) is 39.1. The third-order valence-corrected chi connectivity index (χ3v) is 23.4. The molecule has 612 valence electrons. The number of aromatic nitrogens is 6. The van der Waals surface area contributed by atoms with Crippen molar-refractivity contribution in [1.82, 2.24) is 59.3 Å². The molecule has 9 amide bonds. The number of piperidine rings is 1. The maximum absolute atomic E-state index is 13.1. The van der Waals surface area contributed by atoms with Crippen LogP contribution >= 0.6 is 0 Å². The fourth-order valence-electron chi connectivity index (χ4n) is 16.0. The van der Waals surface area contributed by atoms with Crippen molar-refractivity contribution in [2.75, 3.05) is 219 Å². The molecular weight excluding hydrogens is 1500 g/mol. The molecule has 0 bridgehead atoms. The third-order valence-electron chi connectivity index (χ3n) is 23.4. The van der Waals surface area contributed by atoms with Gasteiger partial charge in [-0.25, -0.2) is 44.3 Å². The second kappa shape index (κ2) is 36.3. The molecule has 0 radical (unpaired) electrons. The van der Waals surface area contributed by atoms with Crippen molar-refractivity contribution in [3.05, 3.63) is 124 Å². The van der Waals surface area contributed by atoms with E-state index in [4.69, 9.17) is 14.2 Å². The van der Waals surface area contributed by atoms with E-state index in [1.54, 1.807) is 90.4 Å². The highest BCUT2D eigenvalue weighted by molar-refractivity contribution is 6.02. The van der Waals surface area contributed by atoms with Gasteiger partial charge in [0.25, 0.3) is 0 Å². The molecule has 6 aromatic rings. The van der Waals surface area contributed by atoms with E-state index >= 15 is 0 Å². The van der Waals surface area contributed by atoms with E-state index in [-0.39, 0.29) is 88.3 Å². The number of carbonyl (C=O) groups excluding carboxylic acids is 9. The highest BCUT2D eigenvalue weighted by Gasteiger charge is 2.45. The second-order valence-corrected chi connectivity index (χ2v) is 31.5. The van der Waals surface area contributed by atoms with Crippen LogP contribution in [0.1, 0.15) is 110 Å². The highest BCUT2D eigenvalue weighted by Crippen LogP contribution is 2.43. The van der Waals surface area contributed by atoms with Gasteiger partial charge < -0.3 is 43.6 Å². The molecule has 9 aliphatic heterocycles. The van der Waals surface area contributed by atoms with Crippen LogP contribution in [-0.2, 0) is 48.2 Å². The topological polar surface area (TPSA) is 405 Å². The van der Waals surface area contributed by atoms with Crippen LogP contribution in [0, 0.1) is 44.8 Å². The van der Waals surface area contributed by atoms with Gasteiger partial charge in [0.05, 0.1) is 78.8 Å². The van der Waals surface area contributed by atoms with Crippen molar-refractivity contribution < 1.29 is 57.4 Å². The summed E-state index contributed by atoms with van der Waals surface area (Å²) in [6.07, 6.45) is 13.2. The Morgan fingerprint density at radius 3 is 1.17 bits per heavy atom. The number of ether oxygens (including phenoxy) is 3. The summed E-state index contributed by atoms with van der Waals surface area (Å²) in [5.74, 6) is 1.74. The predicted octanol–water partition coefficient (Wildman–Crippen LogP) is 5.30. The van der Waals surface area contributed by atoms with Gasteiger partial charge in [0.15, 0.2) is 18.9 Å². The summed E-state index contributed by atoms with van der Waals surface area (Å²) in [7, 11) is 10.3. The number of hydrogen-bond acceptors (Lipinski definition) is 27. The van der Waals surface area contributed by atoms with Crippen LogP contribution in [0.2, 0.25) is 0 Å². The number of urea groups is 3. The minimum Gasteiger partial charge on any atom is -0.381 e. The number of pyridine rings is 6. The van der Waals surface area contributed by atoms with Gasteiger partial charge in [-0.15, -0.1) is 0 Å².